The molecule has 0 unspecified atom stereocenters. The van der Waals surface area contributed by atoms with Gasteiger partial charge >= 0.3 is 0 Å². The molecule has 1 fully saturated rings. The van der Waals surface area contributed by atoms with Crippen LogP contribution >= 0.6 is 0 Å². The Balaban J connectivity index is 1.49. The minimum atomic E-state index is 0.169. The van der Waals surface area contributed by atoms with E-state index in [1.54, 1.807) is 13.3 Å². The van der Waals surface area contributed by atoms with Crippen molar-refractivity contribution in [3.63, 3.8) is 0 Å². The van der Waals surface area contributed by atoms with Crippen LogP contribution in [0.5, 0.6) is 5.75 Å². The number of nitrogens with zero attached hydrogens (tertiary/aromatic N) is 4. The van der Waals surface area contributed by atoms with E-state index in [9.17, 15) is 4.79 Å². The first-order chi connectivity index (χ1) is 12.2. The second-order valence-corrected chi connectivity index (χ2v) is 6.48. The highest BCUT2D eigenvalue weighted by atomic mass is 16.5. The lowest BCUT2D eigenvalue weighted by Crippen LogP contribution is -2.40. The summed E-state index contributed by atoms with van der Waals surface area (Å²) < 4.78 is 9.19. The zero-order chi connectivity index (χ0) is 17.2. The molecule has 130 valence electrons. The van der Waals surface area contributed by atoms with Crippen LogP contribution in [0.4, 0.5) is 0 Å². The van der Waals surface area contributed by atoms with Crippen LogP contribution < -0.4 is 4.74 Å². The van der Waals surface area contributed by atoms with Gasteiger partial charge in [-0.3, -0.25) is 9.48 Å². The summed E-state index contributed by atoms with van der Waals surface area (Å²) in [7, 11) is 1.66. The van der Waals surface area contributed by atoms with Gasteiger partial charge in [0.2, 0.25) is 5.91 Å². The molecule has 0 bridgehead atoms. The summed E-state index contributed by atoms with van der Waals surface area (Å²) in [6.45, 7) is 1.96. The average molecular weight is 338 g/mol. The van der Waals surface area contributed by atoms with Gasteiger partial charge in [0.05, 0.1) is 19.7 Å². The van der Waals surface area contributed by atoms with E-state index < -0.39 is 0 Å². The molecule has 1 saturated heterocycles. The number of ether oxygens (including phenoxy) is 1. The molecule has 3 heterocycles. The van der Waals surface area contributed by atoms with E-state index in [4.69, 9.17) is 4.74 Å². The minimum absolute atomic E-state index is 0.169. The molecule has 2 aromatic heterocycles. The van der Waals surface area contributed by atoms with Gasteiger partial charge in [-0.25, -0.2) is 0 Å². The predicted molar refractivity (Wildman–Crippen MR) is 95.5 cm³/mol. The number of rotatable bonds is 5. The number of carbonyl (C=O) groups is 1. The predicted octanol–water partition coefficient (Wildman–Crippen LogP) is 2.54. The van der Waals surface area contributed by atoms with Crippen LogP contribution in [0.25, 0.3) is 10.9 Å². The highest BCUT2D eigenvalue weighted by Gasteiger charge is 2.29. The Morgan fingerprint density at radius 1 is 1.32 bits per heavy atom. The van der Waals surface area contributed by atoms with E-state index in [1.807, 2.05) is 56.9 Å². The molecule has 1 aromatic carbocycles. The van der Waals surface area contributed by atoms with Crippen LogP contribution in [0.1, 0.15) is 12.8 Å². The second-order valence-electron chi connectivity index (χ2n) is 6.48. The van der Waals surface area contributed by atoms with E-state index in [2.05, 4.69) is 5.10 Å². The fraction of sp³-hybridized carbons (Fsp3) is 0.368. The van der Waals surface area contributed by atoms with Crippen LogP contribution in [0.2, 0.25) is 0 Å². The lowest BCUT2D eigenvalue weighted by molar-refractivity contribution is -0.132. The fourth-order valence-electron chi connectivity index (χ4n) is 3.66. The van der Waals surface area contributed by atoms with Gasteiger partial charge in [-0.1, -0.05) is 0 Å². The average Bonchev–Trinajstić information content (AvgIpc) is 3.36. The molecular weight excluding hydrogens is 316 g/mol. The number of fused-ring (bicyclic) bond motifs is 1. The normalized spacial score (nSPS) is 17.3. The van der Waals surface area contributed by atoms with E-state index in [1.165, 1.54) is 0 Å². The van der Waals surface area contributed by atoms with Crippen molar-refractivity contribution in [1.82, 2.24) is 19.2 Å². The van der Waals surface area contributed by atoms with Crippen LogP contribution in [-0.2, 0) is 17.9 Å². The van der Waals surface area contributed by atoms with Gasteiger partial charge in [0.15, 0.2) is 0 Å². The fourth-order valence-corrected chi connectivity index (χ4v) is 3.66. The number of methoxy groups -OCH3 is 1. The van der Waals surface area contributed by atoms with E-state index in [-0.39, 0.29) is 11.9 Å². The van der Waals surface area contributed by atoms with Crippen LogP contribution in [0.3, 0.4) is 0 Å². The number of likely N-dealkylation sites (tertiary alicyclic amines) is 1. The zero-order valence-electron chi connectivity index (χ0n) is 14.3. The lowest BCUT2D eigenvalue weighted by Gasteiger charge is -2.25. The molecule has 0 spiro atoms. The molecule has 1 aliphatic rings. The molecule has 4 rings (SSSR count). The number of carbonyl (C=O) groups excluding carboxylic acids is 1. The third kappa shape index (κ3) is 3.12. The standard InChI is InChI=1S/C19H22N4O2/c1-25-17-5-6-18-15(12-17)7-11-21(18)14-19(24)23-10-2-4-16(23)13-22-9-3-8-20-22/h3,5-9,11-12,16H,2,4,10,13-14H2,1H3/t16-/m0/s1. The van der Waals surface area contributed by atoms with Gasteiger partial charge in [-0.2, -0.15) is 5.10 Å². The minimum Gasteiger partial charge on any atom is -0.497 e. The van der Waals surface area contributed by atoms with Crippen molar-refractivity contribution in [2.75, 3.05) is 13.7 Å². The topological polar surface area (TPSA) is 52.3 Å². The first-order valence-electron chi connectivity index (χ1n) is 8.64. The summed E-state index contributed by atoms with van der Waals surface area (Å²) in [6.07, 6.45) is 7.80. The van der Waals surface area contributed by atoms with Crippen molar-refractivity contribution in [3.05, 3.63) is 48.9 Å². The number of hydrogen-bond donors (Lipinski definition) is 0. The van der Waals surface area contributed by atoms with E-state index in [0.29, 0.717) is 6.54 Å². The molecule has 0 saturated carbocycles. The first-order valence-corrected chi connectivity index (χ1v) is 8.64. The molecule has 0 radical (unpaired) electrons. The molecule has 1 amide bonds. The molecule has 1 atom stereocenters. The summed E-state index contributed by atoms with van der Waals surface area (Å²) >= 11 is 0. The van der Waals surface area contributed by atoms with Crippen molar-refractivity contribution < 1.29 is 9.53 Å². The first kappa shape index (κ1) is 15.7. The van der Waals surface area contributed by atoms with Crippen LogP contribution in [-0.4, -0.2) is 44.9 Å². The second kappa shape index (κ2) is 6.63. The molecule has 3 aromatic rings. The maximum atomic E-state index is 12.9. The molecule has 6 heteroatoms. The van der Waals surface area contributed by atoms with Crippen LogP contribution in [0.15, 0.2) is 48.9 Å². The van der Waals surface area contributed by atoms with Crippen molar-refractivity contribution in [2.45, 2.75) is 32.0 Å². The van der Waals surface area contributed by atoms with Gasteiger partial charge in [0, 0.05) is 36.0 Å². The number of hydrogen-bond acceptors (Lipinski definition) is 3. The van der Waals surface area contributed by atoms with Crippen molar-refractivity contribution >= 4 is 16.8 Å². The summed E-state index contributed by atoms with van der Waals surface area (Å²) in [6, 6.07) is 10.1. The quantitative estimate of drug-likeness (QED) is 0.718. The van der Waals surface area contributed by atoms with Gasteiger partial charge in [-0.15, -0.1) is 0 Å². The van der Waals surface area contributed by atoms with Crippen molar-refractivity contribution in [3.8, 4) is 5.75 Å². The van der Waals surface area contributed by atoms with E-state index >= 15 is 0 Å². The molecule has 1 aliphatic heterocycles. The Kier molecular flexibility index (Phi) is 4.17. The maximum Gasteiger partial charge on any atom is 0.242 e. The third-order valence-corrected chi connectivity index (χ3v) is 4.94. The smallest absolute Gasteiger partial charge is 0.242 e. The van der Waals surface area contributed by atoms with Crippen molar-refractivity contribution in [2.24, 2.45) is 0 Å². The summed E-state index contributed by atoms with van der Waals surface area (Å²) in [5.74, 6) is 0.999. The number of aromatic nitrogens is 3. The molecule has 0 N–H and O–H groups in total. The summed E-state index contributed by atoms with van der Waals surface area (Å²) in [5, 5.41) is 5.35. The Morgan fingerprint density at radius 2 is 2.24 bits per heavy atom. The Bertz CT molecular complexity index is 869. The highest BCUT2D eigenvalue weighted by molar-refractivity contribution is 5.84. The maximum absolute atomic E-state index is 12.9. The van der Waals surface area contributed by atoms with Gasteiger partial charge in [0.25, 0.3) is 0 Å². The molecule has 25 heavy (non-hydrogen) atoms. The summed E-state index contributed by atoms with van der Waals surface area (Å²) in [5.41, 5.74) is 1.05. The van der Waals surface area contributed by atoms with Crippen LogP contribution in [0, 0.1) is 0 Å². The van der Waals surface area contributed by atoms with Gasteiger partial charge < -0.3 is 14.2 Å². The SMILES string of the molecule is COc1ccc2c(ccn2CC(=O)N2CCC[C@H]2Cn2cccn2)c1. The largest absolute Gasteiger partial charge is 0.497 e. The van der Waals surface area contributed by atoms with E-state index in [0.717, 1.165) is 42.6 Å². The molecule has 0 aliphatic carbocycles. The Hall–Kier alpha value is -2.76. The summed E-state index contributed by atoms with van der Waals surface area (Å²) in [4.78, 5) is 14.9. The van der Waals surface area contributed by atoms with Gasteiger partial charge in [-0.05, 0) is 43.2 Å². The third-order valence-electron chi connectivity index (χ3n) is 4.94. The van der Waals surface area contributed by atoms with Gasteiger partial charge in [0.1, 0.15) is 12.3 Å². The Morgan fingerprint density at radius 3 is 3.04 bits per heavy atom. The Labute approximate surface area is 146 Å². The zero-order valence-corrected chi connectivity index (χ0v) is 14.3. The monoisotopic (exact) mass is 338 g/mol. The molecular formula is C19H22N4O2. The van der Waals surface area contributed by atoms with Crippen molar-refractivity contribution in [1.29, 1.82) is 0 Å². The molecule has 6 nitrogen and oxygen atoms in total. The highest BCUT2D eigenvalue weighted by Crippen LogP contribution is 2.23. The number of amides is 1. The lowest BCUT2D eigenvalue weighted by atomic mass is 10.2. The number of benzene rings is 1.